The first-order valence-electron chi connectivity index (χ1n) is 7.64. The number of hydrogen-bond donors (Lipinski definition) is 1. The Morgan fingerprint density at radius 2 is 2.00 bits per heavy atom. The monoisotopic (exact) mass is 259 g/mol. The summed E-state index contributed by atoms with van der Waals surface area (Å²) in [6.07, 6.45) is 6.83. The first-order chi connectivity index (χ1) is 9.13. The molecule has 0 amide bonds. The molecule has 19 heavy (non-hydrogen) atoms. The van der Waals surface area contributed by atoms with Crippen LogP contribution in [0.15, 0.2) is 24.3 Å². The van der Waals surface area contributed by atoms with Crippen LogP contribution in [0.4, 0.5) is 0 Å². The van der Waals surface area contributed by atoms with Gasteiger partial charge in [-0.15, -0.1) is 0 Å². The molecule has 0 bridgehead atoms. The Kier molecular flexibility index (Phi) is 3.53. The second kappa shape index (κ2) is 5.16. The van der Waals surface area contributed by atoms with E-state index < -0.39 is 0 Å². The van der Waals surface area contributed by atoms with E-state index in [1.807, 2.05) is 0 Å². The Labute approximate surface area is 116 Å². The van der Waals surface area contributed by atoms with Crippen molar-refractivity contribution in [2.75, 3.05) is 6.54 Å². The van der Waals surface area contributed by atoms with Crippen LogP contribution in [-0.2, 0) is 5.41 Å². The summed E-state index contributed by atoms with van der Waals surface area (Å²) < 4.78 is 5.90. The standard InChI is InChI=1S/C17H25NO/c1-17(2,10-11-18-14-6-7-14)13-4-3-5-16(12-13)19-15-8-9-15/h3-5,12,14-15,18H,6-11H2,1-2H3. The average molecular weight is 259 g/mol. The Balaban J connectivity index is 1.60. The average Bonchev–Trinajstić information content (AvgIpc) is 3.24. The van der Waals surface area contributed by atoms with Crippen molar-refractivity contribution in [3.8, 4) is 5.75 Å². The largest absolute Gasteiger partial charge is 0.490 e. The summed E-state index contributed by atoms with van der Waals surface area (Å²) in [6.45, 7) is 5.78. The highest BCUT2D eigenvalue weighted by molar-refractivity contribution is 5.33. The number of rotatable bonds is 7. The van der Waals surface area contributed by atoms with Crippen LogP contribution in [-0.4, -0.2) is 18.7 Å². The summed E-state index contributed by atoms with van der Waals surface area (Å²) in [7, 11) is 0. The molecule has 0 heterocycles. The summed E-state index contributed by atoms with van der Waals surface area (Å²) in [5.41, 5.74) is 1.61. The highest BCUT2D eigenvalue weighted by Crippen LogP contribution is 2.32. The van der Waals surface area contributed by atoms with Gasteiger partial charge in [0, 0.05) is 6.04 Å². The zero-order chi connectivity index (χ0) is 13.3. The van der Waals surface area contributed by atoms with Crippen molar-refractivity contribution < 1.29 is 4.74 Å². The van der Waals surface area contributed by atoms with E-state index in [4.69, 9.17) is 4.74 Å². The van der Waals surface area contributed by atoms with E-state index in [0.717, 1.165) is 18.3 Å². The Morgan fingerprint density at radius 3 is 2.68 bits per heavy atom. The number of ether oxygens (including phenoxy) is 1. The minimum absolute atomic E-state index is 0.213. The minimum atomic E-state index is 0.213. The SMILES string of the molecule is CC(C)(CCNC1CC1)c1cccc(OC2CC2)c1. The lowest BCUT2D eigenvalue weighted by atomic mass is 9.81. The first-order valence-corrected chi connectivity index (χ1v) is 7.64. The third-order valence-electron chi connectivity index (χ3n) is 4.20. The number of benzene rings is 1. The molecule has 0 radical (unpaired) electrons. The molecule has 2 aliphatic rings. The topological polar surface area (TPSA) is 21.3 Å². The predicted molar refractivity (Wildman–Crippen MR) is 78.8 cm³/mol. The van der Waals surface area contributed by atoms with Crippen molar-refractivity contribution in [1.82, 2.24) is 5.32 Å². The van der Waals surface area contributed by atoms with Gasteiger partial charge < -0.3 is 10.1 Å². The lowest BCUT2D eigenvalue weighted by molar-refractivity contribution is 0.302. The Morgan fingerprint density at radius 1 is 1.21 bits per heavy atom. The third kappa shape index (κ3) is 3.73. The van der Waals surface area contributed by atoms with E-state index in [0.29, 0.717) is 6.10 Å². The Bertz CT molecular complexity index is 433. The number of hydrogen-bond acceptors (Lipinski definition) is 2. The smallest absolute Gasteiger partial charge is 0.120 e. The molecule has 2 nitrogen and oxygen atoms in total. The lowest BCUT2D eigenvalue weighted by Crippen LogP contribution is -2.26. The van der Waals surface area contributed by atoms with E-state index >= 15 is 0 Å². The molecular weight excluding hydrogens is 234 g/mol. The summed E-state index contributed by atoms with van der Waals surface area (Å²) in [5, 5.41) is 3.61. The zero-order valence-corrected chi connectivity index (χ0v) is 12.1. The molecule has 3 rings (SSSR count). The normalized spacial score (nSPS) is 19.5. The van der Waals surface area contributed by atoms with Gasteiger partial charge in [-0.25, -0.2) is 0 Å². The van der Waals surface area contributed by atoms with Crippen molar-refractivity contribution in [2.45, 2.75) is 63.5 Å². The van der Waals surface area contributed by atoms with Gasteiger partial charge in [0.15, 0.2) is 0 Å². The van der Waals surface area contributed by atoms with E-state index in [-0.39, 0.29) is 5.41 Å². The van der Waals surface area contributed by atoms with Gasteiger partial charge >= 0.3 is 0 Å². The van der Waals surface area contributed by atoms with Crippen molar-refractivity contribution in [3.63, 3.8) is 0 Å². The Hall–Kier alpha value is -1.02. The van der Waals surface area contributed by atoms with Crippen molar-refractivity contribution >= 4 is 0 Å². The second-order valence-electron chi connectivity index (χ2n) is 6.71. The maximum absolute atomic E-state index is 5.90. The molecule has 0 unspecified atom stereocenters. The van der Waals surface area contributed by atoms with Gasteiger partial charge in [-0.2, -0.15) is 0 Å². The van der Waals surface area contributed by atoms with Gasteiger partial charge in [0.05, 0.1) is 6.10 Å². The molecule has 104 valence electrons. The summed E-state index contributed by atoms with van der Waals surface area (Å²) in [6, 6.07) is 9.48. The molecule has 0 saturated heterocycles. The molecule has 0 atom stereocenters. The van der Waals surface area contributed by atoms with Crippen LogP contribution in [0.1, 0.15) is 51.5 Å². The first kappa shape index (κ1) is 13.0. The van der Waals surface area contributed by atoms with E-state index in [1.54, 1.807) is 0 Å². The summed E-state index contributed by atoms with van der Waals surface area (Å²) in [4.78, 5) is 0. The predicted octanol–water partition coefficient (Wildman–Crippen LogP) is 3.65. The second-order valence-corrected chi connectivity index (χ2v) is 6.71. The van der Waals surface area contributed by atoms with Crippen molar-refractivity contribution in [1.29, 1.82) is 0 Å². The van der Waals surface area contributed by atoms with Gasteiger partial charge in [0.1, 0.15) is 5.75 Å². The molecule has 0 aromatic heterocycles. The third-order valence-corrected chi connectivity index (χ3v) is 4.20. The highest BCUT2D eigenvalue weighted by Gasteiger charge is 2.26. The zero-order valence-electron chi connectivity index (χ0n) is 12.1. The van der Waals surface area contributed by atoms with Gasteiger partial charge in [0.2, 0.25) is 0 Å². The van der Waals surface area contributed by atoms with Gasteiger partial charge in [0.25, 0.3) is 0 Å². The molecule has 0 spiro atoms. The van der Waals surface area contributed by atoms with Crippen molar-refractivity contribution in [3.05, 3.63) is 29.8 Å². The van der Waals surface area contributed by atoms with Crippen LogP contribution in [0.3, 0.4) is 0 Å². The van der Waals surface area contributed by atoms with E-state index in [9.17, 15) is 0 Å². The molecule has 0 aliphatic heterocycles. The lowest BCUT2D eigenvalue weighted by Gasteiger charge is -2.26. The molecular formula is C17H25NO. The fourth-order valence-electron chi connectivity index (χ4n) is 2.39. The molecule has 1 aromatic rings. The maximum Gasteiger partial charge on any atom is 0.120 e. The van der Waals surface area contributed by atoms with Crippen LogP contribution in [0, 0.1) is 0 Å². The minimum Gasteiger partial charge on any atom is -0.490 e. The van der Waals surface area contributed by atoms with Gasteiger partial charge in [-0.3, -0.25) is 0 Å². The molecule has 2 heteroatoms. The quantitative estimate of drug-likeness (QED) is 0.807. The van der Waals surface area contributed by atoms with Gasteiger partial charge in [-0.1, -0.05) is 26.0 Å². The fourth-order valence-corrected chi connectivity index (χ4v) is 2.39. The van der Waals surface area contributed by atoms with Crippen molar-refractivity contribution in [2.24, 2.45) is 0 Å². The van der Waals surface area contributed by atoms with Crippen LogP contribution < -0.4 is 10.1 Å². The van der Waals surface area contributed by atoms with Crippen LogP contribution in [0.2, 0.25) is 0 Å². The fraction of sp³-hybridized carbons (Fsp3) is 0.647. The highest BCUT2D eigenvalue weighted by atomic mass is 16.5. The van der Waals surface area contributed by atoms with Crippen LogP contribution in [0.5, 0.6) is 5.75 Å². The van der Waals surface area contributed by atoms with Gasteiger partial charge in [-0.05, 0) is 61.8 Å². The molecule has 1 aromatic carbocycles. The van der Waals surface area contributed by atoms with E-state index in [1.165, 1.54) is 37.7 Å². The van der Waals surface area contributed by atoms with Crippen LogP contribution in [0.25, 0.3) is 0 Å². The van der Waals surface area contributed by atoms with Crippen LogP contribution >= 0.6 is 0 Å². The molecule has 2 fully saturated rings. The van der Waals surface area contributed by atoms with E-state index in [2.05, 4.69) is 43.4 Å². The maximum atomic E-state index is 5.90. The summed E-state index contributed by atoms with van der Waals surface area (Å²) in [5.74, 6) is 1.04. The molecule has 2 saturated carbocycles. The summed E-state index contributed by atoms with van der Waals surface area (Å²) >= 11 is 0. The number of nitrogens with one attached hydrogen (secondary N) is 1. The molecule has 2 aliphatic carbocycles. The molecule has 1 N–H and O–H groups in total.